The molecule has 2 amide bonds. The van der Waals surface area contributed by atoms with Gasteiger partial charge in [-0.05, 0) is 71.7 Å². The number of amides is 2. The summed E-state index contributed by atoms with van der Waals surface area (Å²) in [5.41, 5.74) is 0.993. The summed E-state index contributed by atoms with van der Waals surface area (Å²) in [6, 6.07) is 17.1. The minimum absolute atomic E-state index is 0.0667. The number of benzene rings is 2. The Morgan fingerprint density at radius 1 is 1.10 bits per heavy atom. The molecule has 5 nitrogen and oxygen atoms in total. The average molecular weight is 520 g/mol. The fraction of sp³-hybridized carbons (Fsp3) is 0.417. The number of carbonyl (C=O) groups is 2. The summed E-state index contributed by atoms with van der Waals surface area (Å²) in [6.07, 6.45) is 4.90. The highest BCUT2D eigenvalue weighted by atomic mass is 127. The maximum atomic E-state index is 13.1. The molecular weight excluding hydrogens is 491 g/mol. The number of nitrogens with zero attached hydrogens (tertiary/aromatic N) is 1. The van der Waals surface area contributed by atoms with Crippen molar-refractivity contribution in [3.63, 3.8) is 0 Å². The molecule has 6 heteroatoms. The number of ether oxygens (including phenoxy) is 1. The van der Waals surface area contributed by atoms with Gasteiger partial charge in [0.25, 0.3) is 5.91 Å². The molecule has 30 heavy (non-hydrogen) atoms. The molecule has 1 N–H and O–H groups in total. The van der Waals surface area contributed by atoms with Crippen molar-refractivity contribution in [3.8, 4) is 5.75 Å². The lowest BCUT2D eigenvalue weighted by atomic mass is 10.1. The number of nitrogens with one attached hydrogen (secondary N) is 1. The minimum atomic E-state index is -0.515. The highest BCUT2D eigenvalue weighted by Gasteiger charge is 2.30. The summed E-state index contributed by atoms with van der Waals surface area (Å²) in [5, 5.41) is 3.16. The van der Waals surface area contributed by atoms with Crippen LogP contribution in [0.2, 0.25) is 0 Å². The van der Waals surface area contributed by atoms with Crippen molar-refractivity contribution in [1.82, 2.24) is 10.2 Å². The van der Waals surface area contributed by atoms with Gasteiger partial charge in [0, 0.05) is 16.2 Å². The van der Waals surface area contributed by atoms with Crippen molar-refractivity contribution in [3.05, 3.63) is 63.7 Å². The molecule has 160 valence electrons. The van der Waals surface area contributed by atoms with Crippen molar-refractivity contribution in [2.45, 2.75) is 57.7 Å². The Morgan fingerprint density at radius 2 is 1.77 bits per heavy atom. The zero-order valence-corrected chi connectivity index (χ0v) is 19.5. The highest BCUT2D eigenvalue weighted by Crippen LogP contribution is 2.20. The van der Waals surface area contributed by atoms with E-state index >= 15 is 0 Å². The average Bonchev–Trinajstić information content (AvgIpc) is 3.26. The number of hydrogen-bond donors (Lipinski definition) is 1. The van der Waals surface area contributed by atoms with E-state index in [0.29, 0.717) is 18.7 Å². The molecule has 3 rings (SSSR count). The monoisotopic (exact) mass is 520 g/mol. The third-order valence-electron chi connectivity index (χ3n) is 5.46. The minimum Gasteiger partial charge on any atom is -0.484 e. The van der Waals surface area contributed by atoms with Crippen molar-refractivity contribution >= 4 is 34.4 Å². The molecule has 0 saturated heterocycles. The fourth-order valence-electron chi connectivity index (χ4n) is 3.83. The van der Waals surface area contributed by atoms with Gasteiger partial charge in [0.2, 0.25) is 5.91 Å². The number of rotatable bonds is 9. The SMILES string of the molecule is CCC(C(=O)NC1CCCC1)N(Cc1ccccc1)C(=O)COc1ccc(I)cc1. The first kappa shape index (κ1) is 22.6. The van der Waals surface area contributed by atoms with Crippen LogP contribution in [-0.4, -0.2) is 35.4 Å². The Hall–Kier alpha value is -2.09. The van der Waals surface area contributed by atoms with Crippen LogP contribution in [0.15, 0.2) is 54.6 Å². The molecule has 1 aliphatic rings. The van der Waals surface area contributed by atoms with Crippen LogP contribution in [0, 0.1) is 3.57 Å². The van der Waals surface area contributed by atoms with Gasteiger partial charge >= 0.3 is 0 Å². The molecule has 0 bridgehead atoms. The van der Waals surface area contributed by atoms with Crippen LogP contribution < -0.4 is 10.1 Å². The first-order valence-electron chi connectivity index (χ1n) is 10.6. The Kier molecular flexibility index (Phi) is 8.54. The predicted octanol–water partition coefficient (Wildman–Crippen LogP) is 4.54. The molecule has 0 aromatic heterocycles. The second-order valence-electron chi connectivity index (χ2n) is 7.66. The fourth-order valence-corrected chi connectivity index (χ4v) is 4.19. The zero-order valence-electron chi connectivity index (χ0n) is 17.4. The van der Waals surface area contributed by atoms with Gasteiger partial charge in [-0.3, -0.25) is 9.59 Å². The Labute approximate surface area is 192 Å². The normalized spacial score (nSPS) is 14.9. The Morgan fingerprint density at radius 3 is 2.40 bits per heavy atom. The van der Waals surface area contributed by atoms with Crippen LogP contribution in [0.4, 0.5) is 0 Å². The van der Waals surface area contributed by atoms with Crippen LogP contribution in [0.25, 0.3) is 0 Å². The van der Waals surface area contributed by atoms with E-state index in [-0.39, 0.29) is 24.5 Å². The van der Waals surface area contributed by atoms with Crippen LogP contribution in [0.5, 0.6) is 5.75 Å². The first-order chi connectivity index (χ1) is 14.6. The molecule has 0 spiro atoms. The molecule has 1 aliphatic carbocycles. The Bertz CT molecular complexity index is 820. The summed E-state index contributed by atoms with van der Waals surface area (Å²) >= 11 is 2.23. The van der Waals surface area contributed by atoms with Gasteiger partial charge in [-0.1, -0.05) is 50.1 Å². The molecule has 2 aromatic rings. The predicted molar refractivity (Wildman–Crippen MR) is 126 cm³/mol. The van der Waals surface area contributed by atoms with Gasteiger partial charge in [-0.2, -0.15) is 0 Å². The molecule has 1 unspecified atom stereocenters. The lowest BCUT2D eigenvalue weighted by Gasteiger charge is -2.31. The summed E-state index contributed by atoms with van der Waals surface area (Å²) in [4.78, 5) is 27.8. The number of halogens is 1. The van der Waals surface area contributed by atoms with Crippen LogP contribution in [0.3, 0.4) is 0 Å². The maximum Gasteiger partial charge on any atom is 0.261 e. The summed E-state index contributed by atoms with van der Waals surface area (Å²) in [5.74, 6) is 0.389. The third kappa shape index (κ3) is 6.45. The van der Waals surface area contributed by atoms with Crippen molar-refractivity contribution < 1.29 is 14.3 Å². The zero-order chi connectivity index (χ0) is 21.3. The van der Waals surface area contributed by atoms with E-state index in [9.17, 15) is 9.59 Å². The van der Waals surface area contributed by atoms with Gasteiger partial charge in [0.1, 0.15) is 11.8 Å². The quantitative estimate of drug-likeness (QED) is 0.495. The lowest BCUT2D eigenvalue weighted by molar-refractivity contribution is -0.143. The van der Waals surface area contributed by atoms with Crippen molar-refractivity contribution in [1.29, 1.82) is 0 Å². The number of carbonyl (C=O) groups excluding carboxylic acids is 2. The largest absolute Gasteiger partial charge is 0.484 e. The molecule has 1 atom stereocenters. The number of hydrogen-bond acceptors (Lipinski definition) is 3. The van der Waals surface area contributed by atoms with E-state index in [0.717, 1.165) is 34.8 Å². The summed E-state index contributed by atoms with van der Waals surface area (Å²) in [6.45, 7) is 2.23. The molecule has 2 aromatic carbocycles. The molecule has 0 radical (unpaired) electrons. The summed E-state index contributed by atoms with van der Waals surface area (Å²) in [7, 11) is 0. The molecule has 0 aliphatic heterocycles. The molecule has 0 heterocycles. The molecule has 1 fully saturated rings. The highest BCUT2D eigenvalue weighted by molar-refractivity contribution is 14.1. The topological polar surface area (TPSA) is 58.6 Å². The van der Waals surface area contributed by atoms with Gasteiger partial charge in [0.15, 0.2) is 6.61 Å². The van der Waals surface area contributed by atoms with Gasteiger partial charge < -0.3 is 15.0 Å². The van der Waals surface area contributed by atoms with E-state index in [1.165, 1.54) is 0 Å². The van der Waals surface area contributed by atoms with E-state index in [2.05, 4.69) is 27.9 Å². The van der Waals surface area contributed by atoms with E-state index < -0.39 is 6.04 Å². The maximum absolute atomic E-state index is 13.1. The second-order valence-corrected chi connectivity index (χ2v) is 8.91. The third-order valence-corrected chi connectivity index (χ3v) is 6.18. The van der Waals surface area contributed by atoms with E-state index in [4.69, 9.17) is 4.74 Å². The van der Waals surface area contributed by atoms with Crippen LogP contribution in [0.1, 0.15) is 44.6 Å². The van der Waals surface area contributed by atoms with Gasteiger partial charge in [-0.25, -0.2) is 0 Å². The molecule has 1 saturated carbocycles. The van der Waals surface area contributed by atoms with Crippen LogP contribution >= 0.6 is 22.6 Å². The van der Waals surface area contributed by atoms with Gasteiger partial charge in [0.05, 0.1) is 0 Å². The van der Waals surface area contributed by atoms with E-state index in [1.807, 2.05) is 61.5 Å². The lowest BCUT2D eigenvalue weighted by Crippen LogP contribution is -2.52. The van der Waals surface area contributed by atoms with Crippen LogP contribution in [-0.2, 0) is 16.1 Å². The smallest absolute Gasteiger partial charge is 0.261 e. The van der Waals surface area contributed by atoms with Gasteiger partial charge in [-0.15, -0.1) is 0 Å². The second kappa shape index (κ2) is 11.3. The standard InChI is InChI=1S/C24H29IN2O3/c1-2-22(24(29)26-20-10-6-7-11-20)27(16-18-8-4-3-5-9-18)23(28)17-30-21-14-12-19(25)13-15-21/h3-5,8-9,12-15,20,22H,2,6-7,10-11,16-17H2,1H3,(H,26,29). The molecular formula is C24H29IN2O3. The first-order valence-corrected chi connectivity index (χ1v) is 11.7. The van der Waals surface area contributed by atoms with Crippen molar-refractivity contribution in [2.24, 2.45) is 0 Å². The van der Waals surface area contributed by atoms with Crippen molar-refractivity contribution in [2.75, 3.05) is 6.61 Å². The summed E-state index contributed by atoms with van der Waals surface area (Å²) < 4.78 is 6.83. The van der Waals surface area contributed by atoms with E-state index in [1.54, 1.807) is 4.90 Å². The Balaban J connectivity index is 1.72.